The van der Waals surface area contributed by atoms with E-state index in [1.165, 1.54) is 12.8 Å². The van der Waals surface area contributed by atoms with Gasteiger partial charge in [-0.25, -0.2) is 0 Å². The van der Waals surface area contributed by atoms with Crippen molar-refractivity contribution in [3.05, 3.63) is 11.8 Å². The van der Waals surface area contributed by atoms with Crippen molar-refractivity contribution in [1.82, 2.24) is 0 Å². The summed E-state index contributed by atoms with van der Waals surface area (Å²) in [5.41, 5.74) is 1.14. The molecule has 2 aliphatic heterocycles. The molecule has 14 heavy (non-hydrogen) atoms. The lowest BCUT2D eigenvalue weighted by molar-refractivity contribution is -0.0267. The molecule has 0 spiro atoms. The summed E-state index contributed by atoms with van der Waals surface area (Å²) in [7, 11) is 0. The van der Waals surface area contributed by atoms with Crippen molar-refractivity contribution in [3.63, 3.8) is 0 Å². The fraction of sp³-hybridized carbons (Fsp3) is 0.750. The van der Waals surface area contributed by atoms with Crippen molar-refractivity contribution in [1.29, 1.82) is 0 Å². The van der Waals surface area contributed by atoms with Gasteiger partial charge in [0.1, 0.15) is 0 Å². The smallest absolute Gasteiger partial charge is 0.0644 e. The van der Waals surface area contributed by atoms with Crippen LogP contribution >= 0.6 is 0 Å². The monoisotopic (exact) mass is 193 g/mol. The van der Waals surface area contributed by atoms with Crippen LogP contribution in [0.15, 0.2) is 16.8 Å². The van der Waals surface area contributed by atoms with Gasteiger partial charge in [0.15, 0.2) is 0 Å². The Labute approximate surface area is 86.1 Å². The highest BCUT2D eigenvalue weighted by molar-refractivity contribution is 5.61. The summed E-state index contributed by atoms with van der Waals surface area (Å²) in [5.74, 6) is 1.39. The second-order valence-corrected chi connectivity index (χ2v) is 4.56. The van der Waals surface area contributed by atoms with Crippen LogP contribution in [0.4, 0.5) is 0 Å². The largest absolute Gasteiger partial charge is 0.378 e. The van der Waals surface area contributed by atoms with E-state index in [1.807, 2.05) is 6.21 Å². The molecular weight excluding hydrogens is 174 g/mol. The van der Waals surface area contributed by atoms with E-state index in [-0.39, 0.29) is 0 Å². The molecule has 2 heterocycles. The van der Waals surface area contributed by atoms with Gasteiger partial charge >= 0.3 is 0 Å². The van der Waals surface area contributed by atoms with E-state index >= 15 is 0 Å². The molecule has 0 amide bonds. The maximum atomic E-state index is 5.83. The fourth-order valence-electron chi connectivity index (χ4n) is 2.30. The molecule has 2 heteroatoms. The summed E-state index contributed by atoms with van der Waals surface area (Å²) in [5, 5.41) is 0. The molecule has 0 aromatic rings. The van der Waals surface area contributed by atoms with Crippen LogP contribution in [0.2, 0.25) is 0 Å². The first-order valence-electron chi connectivity index (χ1n) is 5.58. The van der Waals surface area contributed by atoms with Crippen molar-refractivity contribution in [2.75, 3.05) is 6.61 Å². The number of ether oxygens (including phenoxy) is 1. The zero-order chi connectivity index (χ0) is 9.97. The third kappa shape index (κ3) is 2.24. The Balaban J connectivity index is 1.97. The molecule has 0 aliphatic carbocycles. The third-order valence-electron chi connectivity index (χ3n) is 3.18. The molecule has 1 unspecified atom stereocenters. The SMILES string of the molecule is CC1=CC([C@@H]2C[C@H](C)CCO2)CC=N1. The predicted molar refractivity (Wildman–Crippen MR) is 58.5 cm³/mol. The summed E-state index contributed by atoms with van der Waals surface area (Å²) >= 11 is 0. The summed E-state index contributed by atoms with van der Waals surface area (Å²) in [6.45, 7) is 5.32. The first-order chi connectivity index (χ1) is 6.75. The number of allylic oxidation sites excluding steroid dienone is 1. The van der Waals surface area contributed by atoms with Gasteiger partial charge < -0.3 is 4.74 Å². The topological polar surface area (TPSA) is 21.6 Å². The van der Waals surface area contributed by atoms with Gasteiger partial charge in [0.2, 0.25) is 0 Å². The highest BCUT2D eigenvalue weighted by Gasteiger charge is 2.26. The lowest BCUT2D eigenvalue weighted by Gasteiger charge is -2.32. The van der Waals surface area contributed by atoms with Gasteiger partial charge in [0, 0.05) is 24.4 Å². The summed E-state index contributed by atoms with van der Waals surface area (Å²) in [6.07, 6.45) is 8.21. The second-order valence-electron chi connectivity index (χ2n) is 4.56. The van der Waals surface area contributed by atoms with Crippen LogP contribution in [0.1, 0.15) is 33.1 Å². The van der Waals surface area contributed by atoms with Crippen LogP contribution in [0, 0.1) is 11.8 Å². The van der Waals surface area contributed by atoms with E-state index < -0.39 is 0 Å². The van der Waals surface area contributed by atoms with Crippen LogP contribution in [0.5, 0.6) is 0 Å². The molecule has 0 aromatic heterocycles. The zero-order valence-corrected chi connectivity index (χ0v) is 9.07. The molecule has 1 fully saturated rings. The van der Waals surface area contributed by atoms with Crippen LogP contribution in [-0.4, -0.2) is 18.9 Å². The average molecular weight is 193 g/mol. The van der Waals surface area contributed by atoms with Gasteiger partial charge in [-0.05, 0) is 32.1 Å². The minimum Gasteiger partial charge on any atom is -0.378 e. The molecule has 2 aliphatic rings. The third-order valence-corrected chi connectivity index (χ3v) is 3.18. The molecule has 0 bridgehead atoms. The van der Waals surface area contributed by atoms with Crippen molar-refractivity contribution in [2.24, 2.45) is 16.8 Å². The van der Waals surface area contributed by atoms with Crippen molar-refractivity contribution in [2.45, 2.75) is 39.2 Å². The molecule has 2 rings (SSSR count). The van der Waals surface area contributed by atoms with E-state index in [1.54, 1.807) is 0 Å². The van der Waals surface area contributed by atoms with E-state index in [2.05, 4.69) is 24.9 Å². The maximum Gasteiger partial charge on any atom is 0.0644 e. The second kappa shape index (κ2) is 4.26. The van der Waals surface area contributed by atoms with Crippen molar-refractivity contribution >= 4 is 6.21 Å². The number of hydrogen-bond donors (Lipinski definition) is 0. The normalized spacial score (nSPS) is 38.1. The molecule has 3 atom stereocenters. The maximum absolute atomic E-state index is 5.83. The Bertz CT molecular complexity index is 257. The van der Waals surface area contributed by atoms with Crippen LogP contribution in [-0.2, 0) is 4.74 Å². The zero-order valence-electron chi connectivity index (χ0n) is 9.07. The number of aliphatic imine (C=N–C) groups is 1. The van der Waals surface area contributed by atoms with E-state index in [9.17, 15) is 0 Å². The molecule has 0 aromatic carbocycles. The van der Waals surface area contributed by atoms with Crippen LogP contribution < -0.4 is 0 Å². The summed E-state index contributed by atoms with van der Waals surface area (Å²) in [4.78, 5) is 4.27. The van der Waals surface area contributed by atoms with Crippen molar-refractivity contribution < 1.29 is 4.74 Å². The number of nitrogens with zero attached hydrogens (tertiary/aromatic N) is 1. The Morgan fingerprint density at radius 2 is 2.36 bits per heavy atom. The Kier molecular flexibility index (Phi) is 3.02. The Morgan fingerprint density at radius 3 is 3.07 bits per heavy atom. The van der Waals surface area contributed by atoms with E-state index in [0.29, 0.717) is 12.0 Å². The van der Waals surface area contributed by atoms with E-state index in [4.69, 9.17) is 4.74 Å². The predicted octanol–water partition coefficient (Wildman–Crippen LogP) is 2.80. The van der Waals surface area contributed by atoms with Gasteiger partial charge in [0.25, 0.3) is 0 Å². The standard InChI is InChI=1S/C12H19NO/c1-9-4-6-14-12(7-9)11-3-5-13-10(2)8-11/h5,8-9,11-12H,3-4,6-7H2,1-2H3/t9-,11?,12+/m1/s1. The first kappa shape index (κ1) is 9.91. The number of rotatable bonds is 1. The number of hydrogen-bond acceptors (Lipinski definition) is 2. The van der Waals surface area contributed by atoms with Crippen LogP contribution in [0.3, 0.4) is 0 Å². The lowest BCUT2D eigenvalue weighted by atomic mass is 9.87. The fourth-order valence-corrected chi connectivity index (χ4v) is 2.30. The van der Waals surface area contributed by atoms with Gasteiger partial charge in [-0.15, -0.1) is 0 Å². The molecule has 1 saturated heterocycles. The summed E-state index contributed by atoms with van der Waals surface area (Å²) in [6, 6.07) is 0. The van der Waals surface area contributed by atoms with Gasteiger partial charge in [0.05, 0.1) is 6.10 Å². The molecular formula is C12H19NO. The summed E-state index contributed by atoms with van der Waals surface area (Å²) < 4.78 is 5.83. The minimum absolute atomic E-state index is 0.431. The highest BCUT2D eigenvalue weighted by Crippen LogP contribution is 2.28. The first-order valence-corrected chi connectivity index (χ1v) is 5.58. The van der Waals surface area contributed by atoms with Crippen LogP contribution in [0.25, 0.3) is 0 Å². The lowest BCUT2D eigenvalue weighted by Crippen LogP contribution is -2.31. The molecule has 0 saturated carbocycles. The Morgan fingerprint density at radius 1 is 1.50 bits per heavy atom. The highest BCUT2D eigenvalue weighted by atomic mass is 16.5. The van der Waals surface area contributed by atoms with Crippen molar-refractivity contribution in [3.8, 4) is 0 Å². The van der Waals surface area contributed by atoms with Gasteiger partial charge in [-0.3, -0.25) is 4.99 Å². The Hall–Kier alpha value is -0.630. The minimum atomic E-state index is 0.431. The molecule has 78 valence electrons. The van der Waals surface area contributed by atoms with E-state index in [0.717, 1.165) is 24.6 Å². The average Bonchev–Trinajstić information content (AvgIpc) is 2.18. The molecule has 0 radical (unpaired) electrons. The quantitative estimate of drug-likeness (QED) is 0.627. The molecule has 0 N–H and O–H groups in total. The van der Waals surface area contributed by atoms with Gasteiger partial charge in [-0.1, -0.05) is 13.0 Å². The molecule has 2 nitrogen and oxygen atoms in total. The van der Waals surface area contributed by atoms with Gasteiger partial charge in [-0.2, -0.15) is 0 Å².